The van der Waals surface area contributed by atoms with Gasteiger partial charge in [0.2, 0.25) is 5.91 Å². The van der Waals surface area contributed by atoms with Crippen LogP contribution in [-0.4, -0.2) is 22.0 Å². The zero-order valence-electron chi connectivity index (χ0n) is 14.0. The van der Waals surface area contributed by atoms with Crippen molar-refractivity contribution in [2.45, 2.75) is 25.3 Å². The summed E-state index contributed by atoms with van der Waals surface area (Å²) < 4.78 is 7.51. The highest BCUT2D eigenvalue weighted by Gasteiger charge is 2.45. The Morgan fingerprint density at radius 3 is 2.92 bits per heavy atom. The first-order chi connectivity index (χ1) is 12.3. The number of aromatic nitrogens is 2. The largest absolute Gasteiger partial charge is 0.469 e. The lowest BCUT2D eigenvalue weighted by Crippen LogP contribution is -2.28. The van der Waals surface area contributed by atoms with Crippen molar-refractivity contribution in [3.8, 4) is 0 Å². The molecule has 1 saturated carbocycles. The Bertz CT molecular complexity index is 824. The molecule has 5 heteroatoms. The number of carbonyl (C=O) groups is 1. The van der Waals surface area contributed by atoms with Gasteiger partial charge in [-0.15, -0.1) is 0 Å². The molecule has 1 amide bonds. The first-order valence-electron chi connectivity index (χ1n) is 8.66. The molecule has 4 rings (SSSR count). The van der Waals surface area contributed by atoms with Gasteiger partial charge in [-0.3, -0.25) is 4.79 Å². The molecule has 25 heavy (non-hydrogen) atoms. The number of amides is 1. The molecule has 128 valence electrons. The van der Waals surface area contributed by atoms with Gasteiger partial charge in [-0.25, -0.2) is 4.98 Å². The van der Waals surface area contributed by atoms with Crippen LogP contribution in [0.3, 0.4) is 0 Å². The average Bonchev–Trinajstić information content (AvgIpc) is 3.03. The minimum absolute atomic E-state index is 0.0511. The van der Waals surface area contributed by atoms with Gasteiger partial charge in [0.1, 0.15) is 11.6 Å². The van der Waals surface area contributed by atoms with Gasteiger partial charge in [-0.2, -0.15) is 0 Å². The highest BCUT2D eigenvalue weighted by molar-refractivity contribution is 5.82. The Morgan fingerprint density at radius 1 is 1.24 bits per heavy atom. The first kappa shape index (κ1) is 15.7. The summed E-state index contributed by atoms with van der Waals surface area (Å²) in [6.45, 7) is 1.40. The van der Waals surface area contributed by atoms with E-state index in [9.17, 15) is 4.79 Å². The smallest absolute Gasteiger partial charge is 0.223 e. The van der Waals surface area contributed by atoms with Crippen molar-refractivity contribution >= 4 is 5.91 Å². The van der Waals surface area contributed by atoms with Gasteiger partial charge in [0, 0.05) is 43.7 Å². The summed E-state index contributed by atoms with van der Waals surface area (Å²) in [6.07, 6.45) is 7.06. The maximum absolute atomic E-state index is 12.2. The molecule has 3 aromatic rings. The number of hydrogen-bond acceptors (Lipinski definition) is 3. The maximum Gasteiger partial charge on any atom is 0.223 e. The summed E-state index contributed by atoms with van der Waals surface area (Å²) in [6, 6.07) is 14.1. The minimum Gasteiger partial charge on any atom is -0.469 e. The number of carbonyl (C=O) groups excluding carboxylic acids is 1. The van der Waals surface area contributed by atoms with Crippen molar-refractivity contribution in [2.75, 3.05) is 6.54 Å². The number of hydrogen-bond donors (Lipinski definition) is 1. The van der Waals surface area contributed by atoms with Crippen LogP contribution in [-0.2, 0) is 17.8 Å². The summed E-state index contributed by atoms with van der Waals surface area (Å²) >= 11 is 0. The number of nitrogens with zero attached hydrogens (tertiary/aromatic N) is 2. The lowest BCUT2D eigenvalue weighted by Gasteiger charge is -2.09. The molecule has 0 radical (unpaired) electrons. The van der Waals surface area contributed by atoms with E-state index in [0.29, 0.717) is 6.54 Å². The van der Waals surface area contributed by atoms with E-state index in [1.54, 1.807) is 6.26 Å². The van der Waals surface area contributed by atoms with E-state index in [1.165, 1.54) is 5.56 Å². The van der Waals surface area contributed by atoms with Crippen LogP contribution in [0.4, 0.5) is 0 Å². The van der Waals surface area contributed by atoms with Crippen molar-refractivity contribution in [2.24, 2.45) is 5.92 Å². The molecule has 2 aromatic heterocycles. The Morgan fingerprint density at radius 2 is 2.12 bits per heavy atom. The van der Waals surface area contributed by atoms with Crippen LogP contribution >= 0.6 is 0 Å². The highest BCUT2D eigenvalue weighted by Crippen LogP contribution is 2.47. The van der Waals surface area contributed by atoms with Crippen molar-refractivity contribution in [3.05, 3.63) is 78.3 Å². The molecule has 1 N–H and O–H groups in total. The second-order valence-corrected chi connectivity index (χ2v) is 6.46. The second kappa shape index (κ2) is 6.97. The van der Waals surface area contributed by atoms with Gasteiger partial charge < -0.3 is 14.3 Å². The van der Waals surface area contributed by atoms with Gasteiger partial charge in [-0.05, 0) is 24.1 Å². The minimum atomic E-state index is 0.0511. The molecule has 0 saturated heterocycles. The Kier molecular flexibility index (Phi) is 4.37. The molecular weight excluding hydrogens is 314 g/mol. The van der Waals surface area contributed by atoms with Gasteiger partial charge in [0.25, 0.3) is 0 Å². The zero-order chi connectivity index (χ0) is 17.1. The second-order valence-electron chi connectivity index (χ2n) is 6.46. The summed E-state index contributed by atoms with van der Waals surface area (Å²) in [7, 11) is 0. The highest BCUT2D eigenvalue weighted by atomic mass is 16.3. The molecule has 5 nitrogen and oxygen atoms in total. The third-order valence-electron chi connectivity index (χ3n) is 4.68. The van der Waals surface area contributed by atoms with Gasteiger partial charge in [0.15, 0.2) is 0 Å². The molecule has 2 heterocycles. The van der Waals surface area contributed by atoms with E-state index in [2.05, 4.69) is 27.0 Å². The van der Waals surface area contributed by atoms with Crippen LogP contribution in [0.15, 0.2) is 65.5 Å². The Hall–Kier alpha value is -2.82. The third-order valence-corrected chi connectivity index (χ3v) is 4.68. The van der Waals surface area contributed by atoms with Gasteiger partial charge in [0.05, 0.1) is 6.26 Å². The number of nitrogens with one attached hydrogen (secondary N) is 1. The van der Waals surface area contributed by atoms with Crippen LogP contribution < -0.4 is 5.32 Å². The fourth-order valence-electron chi connectivity index (χ4n) is 3.22. The molecule has 1 aliphatic carbocycles. The van der Waals surface area contributed by atoms with E-state index in [0.717, 1.165) is 31.0 Å². The Balaban J connectivity index is 1.27. The average molecular weight is 335 g/mol. The molecule has 0 spiro atoms. The van der Waals surface area contributed by atoms with Crippen molar-refractivity contribution < 1.29 is 9.21 Å². The van der Waals surface area contributed by atoms with Gasteiger partial charge >= 0.3 is 0 Å². The predicted molar refractivity (Wildman–Crippen MR) is 94.0 cm³/mol. The SMILES string of the molecule is O=C(NCCc1nccn1Cc1ccccc1)C1CC1c1ccco1. The summed E-state index contributed by atoms with van der Waals surface area (Å²) in [5, 5.41) is 3.03. The molecule has 1 aliphatic rings. The van der Waals surface area contributed by atoms with Crippen molar-refractivity contribution in [1.29, 1.82) is 0 Å². The van der Waals surface area contributed by atoms with E-state index in [-0.39, 0.29) is 17.7 Å². The van der Waals surface area contributed by atoms with E-state index < -0.39 is 0 Å². The number of rotatable bonds is 7. The normalized spacial score (nSPS) is 18.9. The van der Waals surface area contributed by atoms with Crippen LogP contribution in [0.1, 0.15) is 29.5 Å². The van der Waals surface area contributed by atoms with Crippen LogP contribution in [0, 0.1) is 5.92 Å². The molecule has 1 fully saturated rings. The Labute approximate surface area is 146 Å². The standard InChI is InChI=1S/C20H21N3O2/c24-20(17-13-16(17)18-7-4-12-25-18)22-9-8-19-21-10-11-23(19)14-15-5-2-1-3-6-15/h1-7,10-12,16-17H,8-9,13-14H2,(H,22,24). The molecule has 0 bridgehead atoms. The van der Waals surface area contributed by atoms with Crippen LogP contribution in [0.5, 0.6) is 0 Å². The van der Waals surface area contributed by atoms with Crippen molar-refractivity contribution in [3.63, 3.8) is 0 Å². The van der Waals surface area contributed by atoms with Crippen LogP contribution in [0.25, 0.3) is 0 Å². The van der Waals surface area contributed by atoms with E-state index in [1.807, 2.05) is 42.7 Å². The number of imidazole rings is 1. The summed E-state index contributed by atoms with van der Waals surface area (Å²) in [4.78, 5) is 16.7. The quantitative estimate of drug-likeness (QED) is 0.722. The zero-order valence-corrected chi connectivity index (χ0v) is 14.0. The molecule has 2 unspecified atom stereocenters. The maximum atomic E-state index is 12.2. The van der Waals surface area contributed by atoms with Gasteiger partial charge in [-0.1, -0.05) is 30.3 Å². The summed E-state index contributed by atoms with van der Waals surface area (Å²) in [5.74, 6) is 2.31. The molecule has 1 aromatic carbocycles. The first-order valence-corrected chi connectivity index (χ1v) is 8.66. The van der Waals surface area contributed by atoms with E-state index >= 15 is 0 Å². The molecular formula is C20H21N3O2. The monoisotopic (exact) mass is 335 g/mol. The molecule has 0 aliphatic heterocycles. The van der Waals surface area contributed by atoms with E-state index in [4.69, 9.17) is 4.42 Å². The third kappa shape index (κ3) is 3.65. The lowest BCUT2D eigenvalue weighted by molar-refractivity contribution is -0.122. The number of benzene rings is 1. The fraction of sp³-hybridized carbons (Fsp3) is 0.300. The molecule has 2 atom stereocenters. The predicted octanol–water partition coefficient (Wildman–Crippen LogP) is 2.99. The van der Waals surface area contributed by atoms with Crippen LogP contribution in [0.2, 0.25) is 0 Å². The number of furan rings is 1. The van der Waals surface area contributed by atoms with Crippen molar-refractivity contribution in [1.82, 2.24) is 14.9 Å². The lowest BCUT2D eigenvalue weighted by atomic mass is 10.2. The summed E-state index contributed by atoms with van der Waals surface area (Å²) in [5.41, 5.74) is 1.24. The topological polar surface area (TPSA) is 60.1 Å². The fourth-order valence-corrected chi connectivity index (χ4v) is 3.22.